The number of hydrogen-bond acceptors (Lipinski definition) is 5. The third kappa shape index (κ3) is 4.93. The molecule has 0 bridgehead atoms. The van der Waals surface area contributed by atoms with Crippen molar-refractivity contribution in [3.8, 4) is 5.75 Å². The number of ether oxygens (including phenoxy) is 1. The van der Waals surface area contributed by atoms with E-state index in [9.17, 15) is 19.7 Å². The fourth-order valence-electron chi connectivity index (χ4n) is 2.16. The molecule has 0 heterocycles. The molecule has 0 aliphatic heterocycles. The zero-order chi connectivity index (χ0) is 19.1. The second-order valence-corrected chi connectivity index (χ2v) is 5.61. The molecule has 0 saturated heterocycles. The van der Waals surface area contributed by atoms with Crippen LogP contribution in [0.15, 0.2) is 42.5 Å². The van der Waals surface area contributed by atoms with Crippen LogP contribution in [-0.4, -0.2) is 28.5 Å². The first kappa shape index (κ1) is 19.2. The van der Waals surface area contributed by atoms with Gasteiger partial charge < -0.3 is 15.2 Å². The first-order chi connectivity index (χ1) is 12.4. The van der Waals surface area contributed by atoms with Gasteiger partial charge in [-0.1, -0.05) is 41.9 Å². The second kappa shape index (κ2) is 8.82. The number of carbonyl (C=O) groups is 2. The molecule has 2 aromatic rings. The Labute approximate surface area is 153 Å². The average Bonchev–Trinajstić information content (AvgIpc) is 2.60. The predicted octanol–water partition coefficient (Wildman–Crippen LogP) is 3.03. The first-order valence-electron chi connectivity index (χ1n) is 7.53. The van der Waals surface area contributed by atoms with E-state index in [-0.39, 0.29) is 35.9 Å². The van der Waals surface area contributed by atoms with Gasteiger partial charge in [0.2, 0.25) is 5.75 Å². The fraction of sp³-hybridized carbons (Fsp3) is 0.176. The molecule has 2 rings (SSSR count). The molecule has 0 aromatic heterocycles. The van der Waals surface area contributed by atoms with Crippen molar-refractivity contribution in [3.05, 3.63) is 68.7 Å². The van der Waals surface area contributed by atoms with E-state index >= 15 is 0 Å². The number of nitrogens with one attached hydrogen (secondary N) is 1. The third-order valence-electron chi connectivity index (χ3n) is 3.36. The Morgan fingerprint density at radius 3 is 2.50 bits per heavy atom. The van der Waals surface area contributed by atoms with Crippen LogP contribution in [0.25, 0.3) is 0 Å². The maximum atomic E-state index is 12.2. The summed E-state index contributed by atoms with van der Waals surface area (Å²) in [7, 11) is 0. The lowest BCUT2D eigenvalue weighted by Gasteiger charge is -2.11. The lowest BCUT2D eigenvalue weighted by atomic mass is 10.1. The molecule has 1 amide bonds. The molecule has 0 unspecified atom stereocenters. The van der Waals surface area contributed by atoms with Crippen molar-refractivity contribution in [1.29, 1.82) is 0 Å². The van der Waals surface area contributed by atoms with Gasteiger partial charge in [0.05, 0.1) is 16.4 Å². The molecule has 8 nitrogen and oxygen atoms in total. The average molecular weight is 379 g/mol. The van der Waals surface area contributed by atoms with Gasteiger partial charge in [-0.05, 0) is 17.7 Å². The Balaban J connectivity index is 2.28. The van der Waals surface area contributed by atoms with Crippen molar-refractivity contribution < 1.29 is 24.4 Å². The van der Waals surface area contributed by atoms with E-state index in [4.69, 9.17) is 21.4 Å². The quantitative estimate of drug-likeness (QED) is 0.538. The summed E-state index contributed by atoms with van der Waals surface area (Å²) in [6.07, 6.45) is -0.301. The van der Waals surface area contributed by atoms with Crippen molar-refractivity contribution in [3.63, 3.8) is 0 Å². The maximum Gasteiger partial charge on any atom is 0.325 e. The summed E-state index contributed by atoms with van der Waals surface area (Å²) >= 11 is 6.02. The summed E-state index contributed by atoms with van der Waals surface area (Å²) in [5.74, 6) is -2.09. The monoisotopic (exact) mass is 378 g/mol. The highest BCUT2D eigenvalue weighted by Gasteiger charge is 2.28. The Kier molecular flexibility index (Phi) is 6.51. The van der Waals surface area contributed by atoms with E-state index in [1.165, 1.54) is 12.1 Å². The summed E-state index contributed by atoms with van der Waals surface area (Å²) in [4.78, 5) is 33.4. The third-order valence-corrected chi connectivity index (χ3v) is 3.66. The fourth-order valence-corrected chi connectivity index (χ4v) is 2.36. The zero-order valence-electron chi connectivity index (χ0n) is 13.5. The number of nitro groups is 1. The van der Waals surface area contributed by atoms with Gasteiger partial charge in [0.15, 0.2) is 0 Å². The molecule has 0 atom stereocenters. The Morgan fingerprint density at radius 1 is 1.19 bits per heavy atom. The van der Waals surface area contributed by atoms with E-state index in [2.05, 4.69) is 5.32 Å². The van der Waals surface area contributed by atoms with Crippen LogP contribution in [0, 0.1) is 10.1 Å². The largest absolute Gasteiger partial charge is 0.481 e. The molecule has 136 valence electrons. The van der Waals surface area contributed by atoms with Gasteiger partial charge in [-0.2, -0.15) is 0 Å². The summed E-state index contributed by atoms with van der Waals surface area (Å²) in [5, 5.41) is 22.4. The number of benzene rings is 2. The van der Waals surface area contributed by atoms with Crippen molar-refractivity contribution >= 4 is 29.2 Å². The topological polar surface area (TPSA) is 119 Å². The molecular formula is C17H15ClN2O6. The highest BCUT2D eigenvalue weighted by molar-refractivity contribution is 6.32. The van der Waals surface area contributed by atoms with Crippen molar-refractivity contribution in [2.75, 3.05) is 6.54 Å². The van der Waals surface area contributed by atoms with Crippen LogP contribution in [0.5, 0.6) is 5.75 Å². The standard InChI is InChI=1S/C17H15ClN2O6/c18-13-7-6-12(17(23)19-9-8-14(21)22)15(20(24)25)16(13)26-10-11-4-2-1-3-5-11/h1-7H,8-10H2,(H,19,23)(H,21,22). The molecular weight excluding hydrogens is 364 g/mol. The number of halogens is 1. The smallest absolute Gasteiger partial charge is 0.325 e. The van der Waals surface area contributed by atoms with Crippen LogP contribution in [0.1, 0.15) is 22.3 Å². The predicted molar refractivity (Wildman–Crippen MR) is 93.5 cm³/mol. The minimum atomic E-state index is -1.09. The molecule has 0 spiro atoms. The normalized spacial score (nSPS) is 10.2. The number of carboxylic acids is 1. The summed E-state index contributed by atoms with van der Waals surface area (Å²) in [6.45, 7) is -0.125. The number of nitro benzene ring substituents is 1. The van der Waals surface area contributed by atoms with Crippen LogP contribution in [-0.2, 0) is 11.4 Å². The zero-order valence-corrected chi connectivity index (χ0v) is 14.2. The van der Waals surface area contributed by atoms with Gasteiger partial charge in [-0.15, -0.1) is 0 Å². The second-order valence-electron chi connectivity index (χ2n) is 5.20. The van der Waals surface area contributed by atoms with Crippen molar-refractivity contribution in [1.82, 2.24) is 5.32 Å². The van der Waals surface area contributed by atoms with E-state index < -0.39 is 22.5 Å². The number of nitrogens with zero attached hydrogens (tertiary/aromatic N) is 1. The Bertz CT molecular complexity index is 826. The Hall–Kier alpha value is -3.13. The van der Waals surface area contributed by atoms with Crippen LogP contribution in [0.2, 0.25) is 5.02 Å². The molecule has 26 heavy (non-hydrogen) atoms. The van der Waals surface area contributed by atoms with Crippen LogP contribution in [0.4, 0.5) is 5.69 Å². The number of rotatable bonds is 8. The Morgan fingerprint density at radius 2 is 1.88 bits per heavy atom. The number of aliphatic carboxylic acids is 1. The SMILES string of the molecule is O=C(O)CCNC(=O)c1ccc(Cl)c(OCc2ccccc2)c1[N+](=O)[O-]. The minimum absolute atomic E-state index is 0.00489. The highest BCUT2D eigenvalue weighted by atomic mass is 35.5. The molecule has 0 saturated carbocycles. The van der Waals surface area contributed by atoms with Crippen LogP contribution < -0.4 is 10.1 Å². The lowest BCUT2D eigenvalue weighted by molar-refractivity contribution is -0.386. The van der Waals surface area contributed by atoms with Crippen molar-refractivity contribution in [2.24, 2.45) is 0 Å². The van der Waals surface area contributed by atoms with Gasteiger partial charge >= 0.3 is 11.7 Å². The number of carbonyl (C=O) groups excluding carboxylic acids is 1. The van der Waals surface area contributed by atoms with Crippen LogP contribution in [0.3, 0.4) is 0 Å². The summed E-state index contributed by atoms with van der Waals surface area (Å²) in [6, 6.07) is 11.5. The molecule has 9 heteroatoms. The van der Waals surface area contributed by atoms with Gasteiger partial charge in [0.1, 0.15) is 12.2 Å². The van der Waals surface area contributed by atoms with Gasteiger partial charge in [-0.25, -0.2) is 0 Å². The number of amides is 1. The van der Waals surface area contributed by atoms with E-state index in [0.717, 1.165) is 5.56 Å². The van der Waals surface area contributed by atoms with Gasteiger partial charge in [-0.3, -0.25) is 19.7 Å². The summed E-state index contributed by atoms with van der Waals surface area (Å²) in [5.41, 5.74) is -0.0525. The minimum Gasteiger partial charge on any atom is -0.481 e. The van der Waals surface area contributed by atoms with Gasteiger partial charge in [0, 0.05) is 6.54 Å². The maximum absolute atomic E-state index is 12.2. The summed E-state index contributed by atoms with van der Waals surface area (Å²) < 4.78 is 5.50. The highest BCUT2D eigenvalue weighted by Crippen LogP contribution is 2.38. The van der Waals surface area contributed by atoms with Crippen LogP contribution >= 0.6 is 11.6 Å². The molecule has 0 aliphatic carbocycles. The van der Waals surface area contributed by atoms with Gasteiger partial charge in [0.25, 0.3) is 5.91 Å². The molecule has 2 N–H and O–H groups in total. The van der Waals surface area contributed by atoms with E-state index in [1.54, 1.807) is 24.3 Å². The number of hydrogen-bond donors (Lipinski definition) is 2. The molecule has 0 aliphatic rings. The number of carboxylic acid groups (broad SMARTS) is 1. The van der Waals surface area contributed by atoms with E-state index in [0.29, 0.717) is 0 Å². The first-order valence-corrected chi connectivity index (χ1v) is 7.91. The van der Waals surface area contributed by atoms with E-state index in [1.807, 2.05) is 6.07 Å². The molecule has 2 aromatic carbocycles. The van der Waals surface area contributed by atoms with Crippen molar-refractivity contribution in [2.45, 2.75) is 13.0 Å². The molecule has 0 radical (unpaired) electrons. The lowest BCUT2D eigenvalue weighted by Crippen LogP contribution is -2.26. The molecule has 0 fully saturated rings.